The van der Waals surface area contributed by atoms with Gasteiger partial charge >= 0.3 is 6.03 Å². The molecular formula is C12H23N3O3. The number of β-amino-alcohol motifs (C(OH)–C–C–N with tert-alkyl or cyclic N) is 1. The number of aliphatic hydroxyl groups is 1. The summed E-state index contributed by atoms with van der Waals surface area (Å²) < 4.78 is 0. The van der Waals surface area contributed by atoms with E-state index >= 15 is 0 Å². The number of hydrogen-bond donors (Lipinski definition) is 3. The first-order valence-electron chi connectivity index (χ1n) is 6.45. The average molecular weight is 257 g/mol. The molecule has 1 rings (SSSR count). The fraction of sp³-hybridized carbons (Fsp3) is 0.833. The van der Waals surface area contributed by atoms with Crippen LogP contribution in [0, 0.1) is 5.92 Å². The van der Waals surface area contributed by atoms with Gasteiger partial charge in [-0.25, -0.2) is 4.79 Å². The molecule has 3 N–H and O–H groups in total. The van der Waals surface area contributed by atoms with Crippen molar-refractivity contribution < 1.29 is 14.7 Å². The van der Waals surface area contributed by atoms with E-state index in [1.807, 2.05) is 4.90 Å². The summed E-state index contributed by atoms with van der Waals surface area (Å²) >= 11 is 0. The third-order valence-electron chi connectivity index (χ3n) is 2.87. The minimum absolute atomic E-state index is 0.161. The van der Waals surface area contributed by atoms with E-state index in [0.717, 1.165) is 6.42 Å². The van der Waals surface area contributed by atoms with Crippen LogP contribution in [-0.2, 0) is 4.79 Å². The maximum atomic E-state index is 11.5. The van der Waals surface area contributed by atoms with Crippen molar-refractivity contribution in [2.75, 3.05) is 26.2 Å². The highest BCUT2D eigenvalue weighted by atomic mass is 16.3. The second kappa shape index (κ2) is 7.33. The van der Waals surface area contributed by atoms with Crippen LogP contribution in [0.1, 0.15) is 26.7 Å². The minimum atomic E-state index is -0.444. The van der Waals surface area contributed by atoms with Crippen molar-refractivity contribution in [1.29, 1.82) is 0 Å². The first-order valence-corrected chi connectivity index (χ1v) is 6.45. The third kappa shape index (κ3) is 5.97. The summed E-state index contributed by atoms with van der Waals surface area (Å²) in [7, 11) is 0. The predicted octanol–water partition coefficient (Wildman–Crippen LogP) is -0.0751. The molecule has 0 aromatic rings. The van der Waals surface area contributed by atoms with Crippen LogP contribution < -0.4 is 10.6 Å². The Hall–Kier alpha value is -1.14. The van der Waals surface area contributed by atoms with Crippen LogP contribution >= 0.6 is 0 Å². The number of aliphatic hydroxyl groups excluding tert-OH is 1. The summed E-state index contributed by atoms with van der Waals surface area (Å²) in [6, 6.07) is -0.444. The van der Waals surface area contributed by atoms with E-state index in [-0.39, 0.29) is 18.6 Å². The summed E-state index contributed by atoms with van der Waals surface area (Å²) in [5, 5.41) is 14.2. The average Bonchev–Trinajstić information content (AvgIpc) is 2.62. The van der Waals surface area contributed by atoms with Gasteiger partial charge in [0.15, 0.2) is 0 Å². The number of likely N-dealkylation sites (tertiary alicyclic amines) is 1. The molecule has 1 fully saturated rings. The smallest absolute Gasteiger partial charge is 0.321 e. The SMILES string of the molecule is CC(C)CCNC(=O)NC(=O)CN1CC[C@H](O)C1. The summed E-state index contributed by atoms with van der Waals surface area (Å²) in [4.78, 5) is 24.7. The van der Waals surface area contributed by atoms with Crippen LogP contribution in [0.3, 0.4) is 0 Å². The molecule has 0 bridgehead atoms. The van der Waals surface area contributed by atoms with Crippen LogP contribution in [-0.4, -0.2) is 54.2 Å². The number of rotatable bonds is 5. The van der Waals surface area contributed by atoms with Crippen molar-refractivity contribution >= 4 is 11.9 Å². The molecule has 1 aliphatic heterocycles. The first kappa shape index (κ1) is 14.9. The van der Waals surface area contributed by atoms with Gasteiger partial charge in [0, 0.05) is 19.6 Å². The van der Waals surface area contributed by atoms with Gasteiger partial charge < -0.3 is 10.4 Å². The lowest BCUT2D eigenvalue weighted by molar-refractivity contribution is -0.121. The normalized spacial score (nSPS) is 20.1. The van der Waals surface area contributed by atoms with Crippen LogP contribution in [0.25, 0.3) is 0 Å². The Morgan fingerprint density at radius 2 is 2.17 bits per heavy atom. The van der Waals surface area contributed by atoms with Crippen molar-refractivity contribution in [3.63, 3.8) is 0 Å². The molecule has 0 radical (unpaired) electrons. The van der Waals surface area contributed by atoms with Gasteiger partial charge in [-0.1, -0.05) is 13.8 Å². The molecule has 6 heteroatoms. The van der Waals surface area contributed by atoms with Gasteiger partial charge in [-0.2, -0.15) is 0 Å². The fourth-order valence-electron chi connectivity index (χ4n) is 1.84. The highest BCUT2D eigenvalue weighted by Crippen LogP contribution is 2.07. The molecule has 1 aliphatic rings. The van der Waals surface area contributed by atoms with Gasteiger partial charge in [0.05, 0.1) is 12.6 Å². The summed E-state index contributed by atoms with van der Waals surface area (Å²) in [6.07, 6.45) is 1.23. The number of carbonyl (C=O) groups is 2. The van der Waals surface area contributed by atoms with Crippen molar-refractivity contribution in [1.82, 2.24) is 15.5 Å². The Labute approximate surface area is 108 Å². The van der Waals surface area contributed by atoms with Gasteiger partial charge in [-0.3, -0.25) is 15.0 Å². The molecule has 104 valence electrons. The quantitative estimate of drug-likeness (QED) is 0.643. The van der Waals surface area contributed by atoms with E-state index in [1.54, 1.807) is 0 Å². The largest absolute Gasteiger partial charge is 0.392 e. The Bertz CT molecular complexity index is 294. The zero-order valence-corrected chi connectivity index (χ0v) is 11.1. The van der Waals surface area contributed by atoms with Crippen molar-refractivity contribution in [2.45, 2.75) is 32.8 Å². The number of imide groups is 1. The number of carbonyl (C=O) groups excluding carboxylic acids is 2. The van der Waals surface area contributed by atoms with Gasteiger partial charge in [0.1, 0.15) is 0 Å². The van der Waals surface area contributed by atoms with Crippen molar-refractivity contribution in [3.8, 4) is 0 Å². The highest BCUT2D eigenvalue weighted by molar-refractivity contribution is 5.95. The molecule has 1 heterocycles. The lowest BCUT2D eigenvalue weighted by Gasteiger charge is -2.14. The van der Waals surface area contributed by atoms with E-state index in [2.05, 4.69) is 24.5 Å². The van der Waals surface area contributed by atoms with Gasteiger partial charge in [-0.15, -0.1) is 0 Å². The molecule has 6 nitrogen and oxygen atoms in total. The van der Waals surface area contributed by atoms with Crippen LogP contribution in [0.5, 0.6) is 0 Å². The number of hydrogen-bond acceptors (Lipinski definition) is 4. The summed E-state index contributed by atoms with van der Waals surface area (Å²) in [5.74, 6) is 0.193. The minimum Gasteiger partial charge on any atom is -0.392 e. The van der Waals surface area contributed by atoms with E-state index in [0.29, 0.717) is 32.0 Å². The van der Waals surface area contributed by atoms with Gasteiger partial charge in [-0.05, 0) is 18.8 Å². The lowest BCUT2D eigenvalue weighted by Crippen LogP contribution is -2.44. The van der Waals surface area contributed by atoms with Gasteiger partial charge in [0.2, 0.25) is 5.91 Å². The highest BCUT2D eigenvalue weighted by Gasteiger charge is 2.22. The monoisotopic (exact) mass is 257 g/mol. The van der Waals surface area contributed by atoms with Gasteiger partial charge in [0.25, 0.3) is 0 Å². The number of nitrogens with one attached hydrogen (secondary N) is 2. The number of nitrogens with zero attached hydrogens (tertiary/aromatic N) is 1. The lowest BCUT2D eigenvalue weighted by atomic mass is 10.1. The van der Waals surface area contributed by atoms with Crippen molar-refractivity contribution in [3.05, 3.63) is 0 Å². The Morgan fingerprint density at radius 1 is 1.44 bits per heavy atom. The molecule has 0 unspecified atom stereocenters. The molecule has 3 amide bonds. The van der Waals surface area contributed by atoms with E-state index in [9.17, 15) is 14.7 Å². The molecule has 1 saturated heterocycles. The number of amides is 3. The van der Waals surface area contributed by atoms with E-state index in [1.165, 1.54) is 0 Å². The van der Waals surface area contributed by atoms with Crippen LogP contribution in [0.2, 0.25) is 0 Å². The Morgan fingerprint density at radius 3 is 2.72 bits per heavy atom. The van der Waals surface area contributed by atoms with Crippen LogP contribution in [0.4, 0.5) is 4.79 Å². The summed E-state index contributed by atoms with van der Waals surface area (Å²) in [5.41, 5.74) is 0. The molecule has 0 aromatic heterocycles. The fourth-order valence-corrected chi connectivity index (χ4v) is 1.84. The zero-order chi connectivity index (χ0) is 13.5. The third-order valence-corrected chi connectivity index (χ3v) is 2.87. The van der Waals surface area contributed by atoms with Crippen LogP contribution in [0.15, 0.2) is 0 Å². The topological polar surface area (TPSA) is 81.7 Å². The molecular weight excluding hydrogens is 234 g/mol. The molecule has 0 spiro atoms. The standard InChI is InChI=1S/C12H23N3O3/c1-9(2)3-5-13-12(18)14-11(17)8-15-6-4-10(16)7-15/h9-10,16H,3-8H2,1-2H3,(H2,13,14,17,18)/t10-/m0/s1. The maximum absolute atomic E-state index is 11.5. The molecule has 18 heavy (non-hydrogen) atoms. The second-order valence-corrected chi connectivity index (χ2v) is 5.16. The van der Waals surface area contributed by atoms with E-state index < -0.39 is 6.03 Å². The maximum Gasteiger partial charge on any atom is 0.321 e. The van der Waals surface area contributed by atoms with Crippen molar-refractivity contribution in [2.24, 2.45) is 5.92 Å². The Kier molecular flexibility index (Phi) is 6.07. The number of urea groups is 1. The zero-order valence-electron chi connectivity index (χ0n) is 11.1. The second-order valence-electron chi connectivity index (χ2n) is 5.16. The molecule has 0 saturated carbocycles. The molecule has 0 aromatic carbocycles. The molecule has 1 atom stereocenters. The first-order chi connectivity index (χ1) is 8.47. The summed E-state index contributed by atoms with van der Waals surface area (Å²) in [6.45, 7) is 6.08. The molecule has 0 aliphatic carbocycles. The van der Waals surface area contributed by atoms with E-state index in [4.69, 9.17) is 0 Å². The Balaban J connectivity index is 2.13. The predicted molar refractivity (Wildman–Crippen MR) is 68.1 cm³/mol.